The minimum atomic E-state index is -0.494. The predicted molar refractivity (Wildman–Crippen MR) is 152 cm³/mol. The van der Waals surface area contributed by atoms with Gasteiger partial charge in [0.15, 0.2) is 5.75 Å². The number of methoxy groups -OCH3 is 1. The predicted octanol–water partition coefficient (Wildman–Crippen LogP) is 6.17. The highest BCUT2D eigenvalue weighted by Gasteiger charge is 2.32. The number of nitro benzene ring substituents is 1. The molecule has 0 bridgehead atoms. The minimum absolute atomic E-state index is 0.153. The first kappa shape index (κ1) is 25.4. The molecule has 2 heterocycles. The van der Waals surface area contributed by atoms with Gasteiger partial charge in [-0.15, -0.1) is 0 Å². The van der Waals surface area contributed by atoms with Crippen LogP contribution in [0.2, 0.25) is 0 Å². The van der Waals surface area contributed by atoms with Crippen LogP contribution in [0.4, 0.5) is 5.69 Å². The molecule has 0 atom stereocenters. The van der Waals surface area contributed by atoms with Crippen LogP contribution in [0.3, 0.4) is 0 Å². The summed E-state index contributed by atoms with van der Waals surface area (Å²) < 4.78 is 7.31. The number of ether oxygens (including phenoxy) is 1. The summed E-state index contributed by atoms with van der Waals surface area (Å²) in [6.07, 6.45) is 3.54. The Morgan fingerprint density at radius 1 is 1.11 bits per heavy atom. The Hall–Kier alpha value is -4.28. The molecular formula is C28H22N4O4S2. The van der Waals surface area contributed by atoms with E-state index in [-0.39, 0.29) is 17.3 Å². The highest BCUT2D eigenvalue weighted by atomic mass is 32.2. The zero-order valence-electron chi connectivity index (χ0n) is 20.5. The summed E-state index contributed by atoms with van der Waals surface area (Å²) in [5, 5.41) is 16.4. The van der Waals surface area contributed by atoms with Crippen molar-refractivity contribution in [2.24, 2.45) is 0 Å². The zero-order chi connectivity index (χ0) is 26.8. The van der Waals surface area contributed by atoms with Crippen LogP contribution in [0.5, 0.6) is 5.75 Å². The molecule has 1 fully saturated rings. The fourth-order valence-electron chi connectivity index (χ4n) is 4.06. The molecule has 0 unspecified atom stereocenters. The first-order chi connectivity index (χ1) is 18.3. The lowest BCUT2D eigenvalue weighted by Gasteiger charge is -2.14. The summed E-state index contributed by atoms with van der Waals surface area (Å²) in [6.45, 7) is 2.39. The lowest BCUT2D eigenvalue weighted by molar-refractivity contribution is -0.385. The van der Waals surface area contributed by atoms with Gasteiger partial charge in [-0.25, -0.2) is 4.68 Å². The number of benzene rings is 3. The number of carbonyl (C=O) groups is 1. The Labute approximate surface area is 228 Å². The Bertz CT molecular complexity index is 1580. The van der Waals surface area contributed by atoms with Crippen molar-refractivity contribution < 1.29 is 14.5 Å². The SMILES string of the molecule is COc1ccc(-c2nn(-c3ccccc3)cc2C=C2SC(=S)N(Cc3ccc(C)cc3)C2=O)cc1[N+](=O)[O-]. The molecule has 3 aromatic carbocycles. The van der Waals surface area contributed by atoms with Crippen LogP contribution in [0.1, 0.15) is 16.7 Å². The Kier molecular flexibility index (Phi) is 7.08. The first-order valence-corrected chi connectivity index (χ1v) is 12.9. The molecule has 8 nitrogen and oxygen atoms in total. The van der Waals surface area contributed by atoms with E-state index >= 15 is 0 Å². The maximum absolute atomic E-state index is 13.4. The van der Waals surface area contributed by atoms with Crippen LogP contribution in [-0.4, -0.2) is 36.9 Å². The largest absolute Gasteiger partial charge is 0.490 e. The highest BCUT2D eigenvalue weighted by molar-refractivity contribution is 8.26. The van der Waals surface area contributed by atoms with E-state index in [1.807, 2.05) is 61.5 Å². The summed E-state index contributed by atoms with van der Waals surface area (Å²) in [5.74, 6) is -0.0422. The molecule has 1 amide bonds. The molecule has 0 N–H and O–H groups in total. The molecule has 0 spiro atoms. The van der Waals surface area contributed by atoms with Crippen LogP contribution in [0.25, 0.3) is 23.0 Å². The van der Waals surface area contributed by atoms with Crippen molar-refractivity contribution in [2.45, 2.75) is 13.5 Å². The lowest BCUT2D eigenvalue weighted by Crippen LogP contribution is -2.27. The molecule has 1 aliphatic heterocycles. The Morgan fingerprint density at radius 2 is 1.84 bits per heavy atom. The first-order valence-electron chi connectivity index (χ1n) is 11.6. The Balaban J connectivity index is 1.56. The number of aryl methyl sites for hydroxylation is 1. The second-order valence-corrected chi connectivity index (χ2v) is 10.3. The molecule has 10 heteroatoms. The molecule has 38 heavy (non-hydrogen) atoms. The van der Waals surface area contributed by atoms with Crippen LogP contribution in [0, 0.1) is 17.0 Å². The van der Waals surface area contributed by atoms with Crippen molar-refractivity contribution in [3.8, 4) is 22.7 Å². The van der Waals surface area contributed by atoms with E-state index in [1.165, 1.54) is 24.9 Å². The van der Waals surface area contributed by atoms with Crippen molar-refractivity contribution in [2.75, 3.05) is 7.11 Å². The van der Waals surface area contributed by atoms with Gasteiger partial charge in [-0.2, -0.15) is 5.10 Å². The second-order valence-electron chi connectivity index (χ2n) is 8.61. The van der Waals surface area contributed by atoms with Crippen LogP contribution < -0.4 is 4.74 Å². The van der Waals surface area contributed by atoms with Crippen molar-refractivity contribution in [3.05, 3.63) is 111 Å². The molecule has 5 rings (SSSR count). The van der Waals surface area contributed by atoms with E-state index < -0.39 is 4.92 Å². The van der Waals surface area contributed by atoms with Crippen molar-refractivity contribution in [1.82, 2.24) is 14.7 Å². The van der Waals surface area contributed by atoms with Gasteiger partial charge in [0.05, 0.1) is 29.2 Å². The standard InChI is InChI=1S/C28H22N4O4S2/c1-18-8-10-19(11-9-18)16-30-27(33)25(38-28(30)37)15-21-17-31(22-6-4-3-5-7-22)29-26(21)20-12-13-24(36-2)23(14-20)32(34)35/h3-15,17H,16H2,1-2H3. The van der Waals surface area contributed by atoms with E-state index in [9.17, 15) is 14.9 Å². The number of nitrogens with zero attached hydrogens (tertiary/aromatic N) is 4. The molecule has 0 radical (unpaired) electrons. The van der Waals surface area contributed by atoms with Crippen molar-refractivity contribution >= 4 is 46.0 Å². The summed E-state index contributed by atoms with van der Waals surface area (Å²) in [6, 6.07) is 22.1. The number of thiocarbonyl (C=S) groups is 1. The third kappa shape index (κ3) is 5.09. The second kappa shape index (κ2) is 10.6. The number of hydrogen-bond acceptors (Lipinski definition) is 7. The minimum Gasteiger partial charge on any atom is -0.490 e. The van der Waals surface area contributed by atoms with Crippen LogP contribution in [-0.2, 0) is 11.3 Å². The average molecular weight is 543 g/mol. The topological polar surface area (TPSA) is 90.5 Å². The normalized spacial score (nSPS) is 14.4. The lowest BCUT2D eigenvalue weighted by atomic mass is 10.1. The molecule has 1 aromatic heterocycles. The monoisotopic (exact) mass is 542 g/mol. The third-order valence-corrected chi connectivity index (χ3v) is 7.41. The van der Waals surface area contributed by atoms with Gasteiger partial charge in [-0.3, -0.25) is 19.8 Å². The fraction of sp³-hybridized carbons (Fsp3) is 0.107. The smallest absolute Gasteiger partial charge is 0.311 e. The average Bonchev–Trinajstić information content (AvgIpc) is 3.46. The summed E-state index contributed by atoms with van der Waals surface area (Å²) in [4.78, 5) is 26.6. The van der Waals surface area contributed by atoms with E-state index in [4.69, 9.17) is 22.1 Å². The van der Waals surface area contributed by atoms with Gasteiger partial charge in [0.1, 0.15) is 10.0 Å². The summed E-state index contributed by atoms with van der Waals surface area (Å²) in [5.41, 5.74) is 4.40. The molecule has 4 aromatic rings. The number of para-hydroxylation sites is 1. The molecular weight excluding hydrogens is 520 g/mol. The van der Waals surface area contributed by atoms with Crippen LogP contribution >= 0.6 is 24.0 Å². The van der Waals surface area contributed by atoms with Gasteiger partial charge in [-0.05, 0) is 42.8 Å². The van der Waals surface area contributed by atoms with Gasteiger partial charge >= 0.3 is 5.69 Å². The number of nitro groups is 1. The summed E-state index contributed by atoms with van der Waals surface area (Å²) in [7, 11) is 1.39. The van der Waals surface area contributed by atoms with Crippen molar-refractivity contribution in [1.29, 1.82) is 0 Å². The third-order valence-electron chi connectivity index (χ3n) is 6.03. The van der Waals surface area contributed by atoms with E-state index in [0.717, 1.165) is 16.8 Å². The number of aromatic nitrogens is 2. The zero-order valence-corrected chi connectivity index (χ0v) is 22.2. The Morgan fingerprint density at radius 3 is 2.53 bits per heavy atom. The van der Waals surface area contributed by atoms with Crippen molar-refractivity contribution in [3.63, 3.8) is 0 Å². The number of carbonyl (C=O) groups excluding carboxylic acids is 1. The van der Waals surface area contributed by atoms with Gasteiger partial charge in [-0.1, -0.05) is 72.0 Å². The van der Waals surface area contributed by atoms with Gasteiger partial charge in [0.25, 0.3) is 5.91 Å². The van der Waals surface area contributed by atoms with E-state index in [1.54, 1.807) is 34.0 Å². The van der Waals surface area contributed by atoms with Crippen LogP contribution in [0.15, 0.2) is 83.9 Å². The summed E-state index contributed by atoms with van der Waals surface area (Å²) >= 11 is 6.76. The van der Waals surface area contributed by atoms with Gasteiger partial charge < -0.3 is 4.74 Å². The van der Waals surface area contributed by atoms with E-state index in [2.05, 4.69) is 0 Å². The number of hydrogen-bond donors (Lipinski definition) is 0. The maximum atomic E-state index is 13.4. The molecule has 0 saturated carbocycles. The maximum Gasteiger partial charge on any atom is 0.311 e. The fourth-order valence-corrected chi connectivity index (χ4v) is 5.31. The van der Waals surface area contributed by atoms with Gasteiger partial charge in [0.2, 0.25) is 0 Å². The quantitative estimate of drug-likeness (QED) is 0.119. The number of rotatable bonds is 7. The molecule has 1 saturated heterocycles. The molecule has 1 aliphatic rings. The molecule has 190 valence electrons. The number of thioether (sulfide) groups is 1. The van der Waals surface area contributed by atoms with Gasteiger partial charge in [0, 0.05) is 23.4 Å². The molecule has 0 aliphatic carbocycles. The highest BCUT2D eigenvalue weighted by Crippen LogP contribution is 2.37. The van der Waals surface area contributed by atoms with E-state index in [0.29, 0.717) is 32.6 Å². The number of amides is 1.